The molecule has 4 N–H and O–H groups in total. The fraction of sp³-hybridized carbons (Fsp3) is 0.393. The number of aryl methyl sites for hydroxylation is 1. The molecule has 37 heavy (non-hydrogen) atoms. The SMILES string of the molecule is Cc1nc2ccccc2n1C1CCN(C(=O)[C@@H](Cc2c[nH]c3ccccc23)NC(=O)C(C)(C)N)CC1.Cl. The Morgan fingerprint density at radius 1 is 1.14 bits per heavy atom. The molecule has 1 saturated heterocycles. The second-order valence-corrected chi connectivity index (χ2v) is 10.4. The van der Waals surface area contributed by atoms with Crippen LogP contribution in [0.3, 0.4) is 0 Å². The molecule has 196 valence electrons. The van der Waals surface area contributed by atoms with E-state index >= 15 is 0 Å². The van der Waals surface area contributed by atoms with Crippen LogP contribution in [0.1, 0.15) is 44.1 Å². The average Bonchev–Trinajstić information content (AvgIpc) is 3.42. The zero-order valence-corrected chi connectivity index (χ0v) is 22.3. The van der Waals surface area contributed by atoms with Crippen molar-refractivity contribution in [2.45, 2.75) is 57.7 Å². The Balaban J connectivity index is 0.00000320. The van der Waals surface area contributed by atoms with Gasteiger partial charge in [0.15, 0.2) is 0 Å². The molecule has 4 aromatic rings. The number of amides is 2. The molecule has 0 unspecified atom stereocenters. The zero-order valence-electron chi connectivity index (χ0n) is 21.5. The van der Waals surface area contributed by atoms with Crippen LogP contribution in [0.25, 0.3) is 21.9 Å². The van der Waals surface area contributed by atoms with Crippen molar-refractivity contribution in [3.63, 3.8) is 0 Å². The van der Waals surface area contributed by atoms with Crippen LogP contribution in [-0.4, -0.2) is 55.9 Å². The van der Waals surface area contributed by atoms with E-state index in [4.69, 9.17) is 10.7 Å². The number of fused-ring (bicyclic) bond motifs is 2. The van der Waals surface area contributed by atoms with E-state index in [1.54, 1.807) is 13.8 Å². The van der Waals surface area contributed by atoms with Crippen molar-refractivity contribution < 1.29 is 9.59 Å². The summed E-state index contributed by atoms with van der Waals surface area (Å²) in [4.78, 5) is 36.4. The van der Waals surface area contributed by atoms with Gasteiger partial charge in [0, 0.05) is 42.7 Å². The van der Waals surface area contributed by atoms with Gasteiger partial charge in [0.1, 0.15) is 11.9 Å². The minimum atomic E-state index is -1.08. The van der Waals surface area contributed by atoms with E-state index in [1.807, 2.05) is 60.5 Å². The summed E-state index contributed by atoms with van der Waals surface area (Å²) in [6.07, 6.45) is 3.99. The predicted molar refractivity (Wildman–Crippen MR) is 149 cm³/mol. The van der Waals surface area contributed by atoms with Crippen LogP contribution in [0.4, 0.5) is 0 Å². The van der Waals surface area contributed by atoms with Gasteiger partial charge in [-0.15, -0.1) is 12.4 Å². The number of aromatic amines is 1. The van der Waals surface area contributed by atoms with Crippen molar-refractivity contribution >= 4 is 46.2 Å². The van der Waals surface area contributed by atoms with Gasteiger partial charge in [0.2, 0.25) is 11.8 Å². The molecule has 1 aliphatic heterocycles. The van der Waals surface area contributed by atoms with Gasteiger partial charge in [-0.1, -0.05) is 30.3 Å². The number of likely N-dealkylation sites (tertiary alicyclic amines) is 1. The molecule has 0 aliphatic carbocycles. The van der Waals surface area contributed by atoms with Gasteiger partial charge < -0.3 is 25.5 Å². The number of H-pyrrole nitrogens is 1. The highest BCUT2D eigenvalue weighted by Crippen LogP contribution is 2.29. The van der Waals surface area contributed by atoms with Crippen molar-refractivity contribution in [2.75, 3.05) is 13.1 Å². The first kappa shape index (κ1) is 26.7. The summed E-state index contributed by atoms with van der Waals surface area (Å²) in [5.41, 5.74) is 9.11. The molecule has 8 nitrogen and oxygen atoms in total. The number of hydrogen-bond donors (Lipinski definition) is 3. The van der Waals surface area contributed by atoms with Gasteiger partial charge in [0.25, 0.3) is 0 Å². The minimum Gasteiger partial charge on any atom is -0.361 e. The molecule has 2 amide bonds. The quantitative estimate of drug-likeness (QED) is 0.357. The van der Waals surface area contributed by atoms with Crippen molar-refractivity contribution in [1.29, 1.82) is 0 Å². The van der Waals surface area contributed by atoms with E-state index < -0.39 is 11.6 Å². The maximum Gasteiger partial charge on any atom is 0.245 e. The van der Waals surface area contributed by atoms with E-state index in [1.165, 1.54) is 0 Å². The summed E-state index contributed by atoms with van der Waals surface area (Å²) in [7, 11) is 0. The number of aromatic nitrogens is 3. The van der Waals surface area contributed by atoms with Crippen LogP contribution in [0, 0.1) is 6.92 Å². The predicted octanol–water partition coefficient (Wildman–Crippen LogP) is 3.88. The Labute approximate surface area is 223 Å². The number of nitrogens with zero attached hydrogens (tertiary/aromatic N) is 3. The van der Waals surface area contributed by atoms with Crippen LogP contribution in [0.5, 0.6) is 0 Å². The average molecular weight is 523 g/mol. The van der Waals surface area contributed by atoms with Crippen LogP contribution in [0.2, 0.25) is 0 Å². The van der Waals surface area contributed by atoms with Gasteiger partial charge in [-0.3, -0.25) is 9.59 Å². The lowest BCUT2D eigenvalue weighted by Crippen LogP contribution is -2.57. The smallest absolute Gasteiger partial charge is 0.245 e. The molecule has 2 aromatic heterocycles. The number of nitrogens with one attached hydrogen (secondary N) is 2. The summed E-state index contributed by atoms with van der Waals surface area (Å²) >= 11 is 0. The Kier molecular flexibility index (Phi) is 7.62. The number of carbonyl (C=O) groups excluding carboxylic acids is 2. The molecule has 1 fully saturated rings. The fourth-order valence-corrected chi connectivity index (χ4v) is 5.26. The lowest BCUT2D eigenvalue weighted by Gasteiger charge is -2.36. The Hall–Kier alpha value is -3.36. The Morgan fingerprint density at radius 3 is 2.54 bits per heavy atom. The van der Waals surface area contributed by atoms with Crippen LogP contribution < -0.4 is 11.1 Å². The highest BCUT2D eigenvalue weighted by molar-refractivity contribution is 5.92. The summed E-state index contributed by atoms with van der Waals surface area (Å²) in [6.45, 7) is 6.60. The molecular formula is C28H35ClN6O2. The summed E-state index contributed by atoms with van der Waals surface area (Å²) < 4.78 is 2.30. The molecule has 2 aromatic carbocycles. The number of rotatable bonds is 6. The van der Waals surface area contributed by atoms with Crippen molar-refractivity contribution in [2.24, 2.45) is 5.73 Å². The van der Waals surface area contributed by atoms with Crippen LogP contribution in [0.15, 0.2) is 54.7 Å². The molecule has 5 rings (SSSR count). The number of imidazole rings is 1. The summed E-state index contributed by atoms with van der Waals surface area (Å²) in [5, 5.41) is 4.00. The third-order valence-corrected chi connectivity index (χ3v) is 7.20. The van der Waals surface area contributed by atoms with Crippen molar-refractivity contribution in [3.05, 3.63) is 66.1 Å². The van der Waals surface area contributed by atoms with Gasteiger partial charge >= 0.3 is 0 Å². The number of carbonyl (C=O) groups is 2. The molecule has 0 radical (unpaired) electrons. The fourth-order valence-electron chi connectivity index (χ4n) is 5.26. The normalized spacial score (nSPS) is 15.5. The van der Waals surface area contributed by atoms with Crippen LogP contribution in [-0.2, 0) is 16.0 Å². The summed E-state index contributed by atoms with van der Waals surface area (Å²) in [6, 6.07) is 15.8. The molecule has 1 aliphatic rings. The first-order chi connectivity index (χ1) is 17.2. The van der Waals surface area contributed by atoms with Crippen LogP contribution >= 0.6 is 12.4 Å². The molecule has 0 spiro atoms. The third kappa shape index (κ3) is 5.36. The number of nitrogens with two attached hydrogens (primary N) is 1. The van der Waals surface area contributed by atoms with Gasteiger partial charge in [-0.25, -0.2) is 4.98 Å². The Morgan fingerprint density at radius 2 is 1.81 bits per heavy atom. The monoisotopic (exact) mass is 522 g/mol. The molecule has 3 heterocycles. The first-order valence-corrected chi connectivity index (χ1v) is 12.6. The van der Waals surface area contributed by atoms with E-state index in [-0.39, 0.29) is 30.3 Å². The van der Waals surface area contributed by atoms with E-state index in [9.17, 15) is 9.59 Å². The lowest BCUT2D eigenvalue weighted by atomic mass is 9.99. The number of piperidine rings is 1. The third-order valence-electron chi connectivity index (χ3n) is 7.20. The van der Waals surface area contributed by atoms with Gasteiger partial charge in [-0.05, 0) is 57.4 Å². The maximum atomic E-state index is 13.7. The number of para-hydroxylation sites is 3. The summed E-state index contributed by atoms with van der Waals surface area (Å²) in [5.74, 6) is 0.593. The first-order valence-electron chi connectivity index (χ1n) is 12.6. The van der Waals surface area contributed by atoms with E-state index in [0.717, 1.165) is 46.2 Å². The Bertz CT molecular complexity index is 1410. The molecule has 1 atom stereocenters. The lowest BCUT2D eigenvalue weighted by molar-refractivity contribution is -0.138. The highest BCUT2D eigenvalue weighted by Gasteiger charge is 2.33. The van der Waals surface area contributed by atoms with E-state index in [2.05, 4.69) is 20.9 Å². The number of halogens is 1. The second kappa shape index (κ2) is 10.6. The molecule has 0 bridgehead atoms. The maximum absolute atomic E-state index is 13.7. The largest absolute Gasteiger partial charge is 0.361 e. The highest BCUT2D eigenvalue weighted by atomic mass is 35.5. The molecule has 0 saturated carbocycles. The van der Waals surface area contributed by atoms with E-state index in [0.29, 0.717) is 19.5 Å². The minimum absolute atomic E-state index is 0. The number of hydrogen-bond acceptors (Lipinski definition) is 4. The standard InChI is InChI=1S/C28H34N6O2.ClH/c1-18-31-23-10-6-7-11-25(23)34(18)20-12-14-33(15-13-20)26(35)24(32-27(36)28(2,3)29)16-19-17-30-22-9-5-4-8-21(19)22;/h4-11,17,20,24,30H,12-16,29H2,1-3H3,(H,32,36);1H/t24-;/m1./s1. The van der Waals surface area contributed by atoms with Crippen molar-refractivity contribution in [3.8, 4) is 0 Å². The topological polar surface area (TPSA) is 109 Å². The number of benzene rings is 2. The van der Waals surface area contributed by atoms with Gasteiger partial charge in [0.05, 0.1) is 16.6 Å². The molecule has 9 heteroatoms. The molecular weight excluding hydrogens is 488 g/mol. The van der Waals surface area contributed by atoms with Gasteiger partial charge in [-0.2, -0.15) is 0 Å². The second-order valence-electron chi connectivity index (χ2n) is 10.4. The van der Waals surface area contributed by atoms with Crippen molar-refractivity contribution in [1.82, 2.24) is 24.8 Å². The zero-order chi connectivity index (χ0) is 25.4.